The fraction of sp³-hybridized carbons (Fsp3) is 0.250. The summed E-state index contributed by atoms with van der Waals surface area (Å²) in [6.07, 6.45) is 1.93. The Morgan fingerprint density at radius 2 is 1.76 bits per heavy atom. The Labute approximate surface area is 145 Å². The molecule has 0 aromatic heterocycles. The largest absolute Gasteiger partial charge is 0.494 e. The summed E-state index contributed by atoms with van der Waals surface area (Å²) in [6, 6.07) is 9.25. The number of nitrogens with zero attached hydrogens (tertiary/aromatic N) is 1. The Balaban J connectivity index is 2.16. The topological polar surface area (TPSA) is 122 Å². The zero-order valence-electron chi connectivity index (χ0n) is 13.5. The van der Waals surface area contributed by atoms with E-state index in [4.69, 9.17) is 14.7 Å². The van der Waals surface area contributed by atoms with Gasteiger partial charge in [0, 0.05) is 6.07 Å². The van der Waals surface area contributed by atoms with Gasteiger partial charge in [-0.05, 0) is 42.8 Å². The fourth-order valence-corrected chi connectivity index (χ4v) is 2.89. The average molecular weight is 366 g/mol. The molecule has 0 aliphatic carbocycles. The number of hydrogen-bond donors (Lipinski definition) is 1. The molecule has 0 saturated carbocycles. The maximum absolute atomic E-state index is 12.3. The molecule has 0 radical (unpaired) electrons. The molecule has 0 heterocycles. The van der Waals surface area contributed by atoms with Crippen LogP contribution in [0.1, 0.15) is 19.8 Å². The molecule has 0 unspecified atom stereocenters. The standard InChI is InChI=1S/C16H18N2O6S/c1-2-3-10-23-12-4-6-13(7-5-12)24-25(21,22)14-8-9-15(17)16(11-14)18(19)20/h4-9,11H,2-3,10,17H2,1H3. The van der Waals surface area contributed by atoms with Crippen molar-refractivity contribution in [3.63, 3.8) is 0 Å². The highest BCUT2D eigenvalue weighted by molar-refractivity contribution is 7.87. The molecule has 0 aliphatic rings. The van der Waals surface area contributed by atoms with E-state index >= 15 is 0 Å². The Hall–Kier alpha value is -2.81. The van der Waals surface area contributed by atoms with Gasteiger partial charge in [0.1, 0.15) is 22.1 Å². The van der Waals surface area contributed by atoms with Crippen LogP contribution in [0.15, 0.2) is 47.4 Å². The molecule has 0 saturated heterocycles. The van der Waals surface area contributed by atoms with Gasteiger partial charge in [-0.15, -0.1) is 0 Å². The maximum atomic E-state index is 12.3. The number of anilines is 1. The van der Waals surface area contributed by atoms with Crippen molar-refractivity contribution < 1.29 is 22.3 Å². The first-order valence-electron chi connectivity index (χ1n) is 7.54. The van der Waals surface area contributed by atoms with Crippen LogP contribution in [0.25, 0.3) is 0 Å². The van der Waals surface area contributed by atoms with Crippen LogP contribution in [0.4, 0.5) is 11.4 Å². The van der Waals surface area contributed by atoms with Gasteiger partial charge in [0.15, 0.2) is 0 Å². The summed E-state index contributed by atoms with van der Waals surface area (Å²) in [5, 5.41) is 10.9. The van der Waals surface area contributed by atoms with Crippen molar-refractivity contribution in [1.82, 2.24) is 0 Å². The van der Waals surface area contributed by atoms with Gasteiger partial charge in [-0.25, -0.2) is 0 Å². The Kier molecular flexibility index (Phi) is 5.81. The Morgan fingerprint density at radius 3 is 2.36 bits per heavy atom. The van der Waals surface area contributed by atoms with Crippen LogP contribution in [0, 0.1) is 10.1 Å². The first-order valence-corrected chi connectivity index (χ1v) is 8.95. The number of rotatable bonds is 8. The molecule has 2 aromatic carbocycles. The summed E-state index contributed by atoms with van der Waals surface area (Å²) in [6.45, 7) is 2.62. The Bertz CT molecular complexity index is 849. The summed E-state index contributed by atoms with van der Waals surface area (Å²) in [5.74, 6) is 0.670. The second-order valence-corrected chi connectivity index (χ2v) is 6.73. The zero-order chi connectivity index (χ0) is 18.4. The van der Waals surface area contributed by atoms with Crippen LogP contribution in [0.3, 0.4) is 0 Å². The minimum Gasteiger partial charge on any atom is -0.494 e. The van der Waals surface area contributed by atoms with Gasteiger partial charge in [0.2, 0.25) is 0 Å². The van der Waals surface area contributed by atoms with E-state index in [-0.39, 0.29) is 16.3 Å². The lowest BCUT2D eigenvalue weighted by Gasteiger charge is -2.09. The molecular formula is C16H18N2O6S. The van der Waals surface area contributed by atoms with E-state index in [9.17, 15) is 18.5 Å². The SMILES string of the molecule is CCCCOc1ccc(OS(=O)(=O)c2ccc(N)c([N+](=O)[O-])c2)cc1. The minimum absolute atomic E-state index is 0.0716. The van der Waals surface area contributed by atoms with E-state index in [0.29, 0.717) is 12.4 Å². The molecule has 0 atom stereocenters. The maximum Gasteiger partial charge on any atom is 0.339 e. The number of ether oxygens (including phenoxy) is 1. The molecule has 2 rings (SSSR count). The molecule has 134 valence electrons. The van der Waals surface area contributed by atoms with Crippen LogP contribution in [-0.4, -0.2) is 19.9 Å². The number of nitrogen functional groups attached to an aromatic ring is 1. The highest BCUT2D eigenvalue weighted by atomic mass is 32.2. The van der Waals surface area contributed by atoms with Crippen molar-refractivity contribution in [2.24, 2.45) is 0 Å². The van der Waals surface area contributed by atoms with Crippen molar-refractivity contribution in [3.05, 3.63) is 52.6 Å². The van der Waals surface area contributed by atoms with Gasteiger partial charge < -0.3 is 14.7 Å². The normalized spacial score (nSPS) is 11.1. The van der Waals surface area contributed by atoms with Gasteiger partial charge >= 0.3 is 10.1 Å². The smallest absolute Gasteiger partial charge is 0.339 e. The molecule has 8 nitrogen and oxygen atoms in total. The van der Waals surface area contributed by atoms with Gasteiger partial charge in [0.05, 0.1) is 11.5 Å². The first kappa shape index (κ1) is 18.5. The van der Waals surface area contributed by atoms with Crippen molar-refractivity contribution >= 4 is 21.5 Å². The third-order valence-corrected chi connectivity index (χ3v) is 4.53. The fourth-order valence-electron chi connectivity index (χ4n) is 1.94. The summed E-state index contributed by atoms with van der Waals surface area (Å²) >= 11 is 0. The third-order valence-electron chi connectivity index (χ3n) is 3.28. The summed E-state index contributed by atoms with van der Waals surface area (Å²) in [4.78, 5) is 9.78. The molecule has 2 N–H and O–H groups in total. The summed E-state index contributed by atoms with van der Waals surface area (Å²) in [5.41, 5.74) is 4.84. The quantitative estimate of drug-likeness (QED) is 0.250. The lowest BCUT2D eigenvalue weighted by atomic mass is 10.3. The predicted molar refractivity (Wildman–Crippen MR) is 92.2 cm³/mol. The lowest BCUT2D eigenvalue weighted by Crippen LogP contribution is -2.10. The van der Waals surface area contributed by atoms with Gasteiger partial charge in [-0.1, -0.05) is 13.3 Å². The highest BCUT2D eigenvalue weighted by Gasteiger charge is 2.22. The molecule has 2 aromatic rings. The number of benzene rings is 2. The number of unbranched alkanes of at least 4 members (excludes halogenated alkanes) is 1. The molecule has 9 heteroatoms. The zero-order valence-corrected chi connectivity index (χ0v) is 14.4. The first-order chi connectivity index (χ1) is 11.8. The Morgan fingerprint density at radius 1 is 1.12 bits per heavy atom. The van der Waals surface area contributed by atoms with Crippen LogP contribution in [0.5, 0.6) is 11.5 Å². The van der Waals surface area contributed by atoms with E-state index in [0.717, 1.165) is 31.0 Å². The van der Waals surface area contributed by atoms with Crippen LogP contribution in [0.2, 0.25) is 0 Å². The average Bonchev–Trinajstić information content (AvgIpc) is 2.56. The molecule has 0 bridgehead atoms. The van der Waals surface area contributed by atoms with E-state index in [2.05, 4.69) is 0 Å². The summed E-state index contributed by atoms with van der Waals surface area (Å²) in [7, 11) is -4.22. The monoisotopic (exact) mass is 366 g/mol. The lowest BCUT2D eigenvalue weighted by molar-refractivity contribution is -0.384. The van der Waals surface area contributed by atoms with Gasteiger partial charge in [-0.2, -0.15) is 8.42 Å². The number of hydrogen-bond acceptors (Lipinski definition) is 7. The number of nitro benzene ring substituents is 1. The third kappa shape index (κ3) is 4.83. The second kappa shape index (κ2) is 7.84. The second-order valence-electron chi connectivity index (χ2n) is 5.19. The summed E-state index contributed by atoms with van der Waals surface area (Å²) < 4.78 is 35.0. The molecular weight excluding hydrogens is 348 g/mol. The molecule has 0 aliphatic heterocycles. The molecule has 0 spiro atoms. The van der Waals surface area contributed by atoms with Crippen molar-refractivity contribution in [2.45, 2.75) is 24.7 Å². The van der Waals surface area contributed by atoms with Crippen LogP contribution >= 0.6 is 0 Å². The molecule has 0 amide bonds. The van der Waals surface area contributed by atoms with E-state index in [1.54, 1.807) is 12.1 Å². The van der Waals surface area contributed by atoms with Crippen molar-refractivity contribution in [1.29, 1.82) is 0 Å². The minimum atomic E-state index is -4.22. The number of nitrogens with two attached hydrogens (primary N) is 1. The van der Waals surface area contributed by atoms with Crippen molar-refractivity contribution in [3.8, 4) is 11.5 Å². The van der Waals surface area contributed by atoms with Crippen LogP contribution in [-0.2, 0) is 10.1 Å². The number of nitro groups is 1. The van der Waals surface area contributed by atoms with Gasteiger partial charge in [0.25, 0.3) is 5.69 Å². The van der Waals surface area contributed by atoms with Crippen molar-refractivity contribution in [2.75, 3.05) is 12.3 Å². The predicted octanol–water partition coefficient (Wildman–Crippen LogP) is 3.12. The van der Waals surface area contributed by atoms with Crippen LogP contribution < -0.4 is 14.7 Å². The highest BCUT2D eigenvalue weighted by Crippen LogP contribution is 2.27. The molecule has 0 fully saturated rings. The van der Waals surface area contributed by atoms with Gasteiger partial charge in [-0.3, -0.25) is 10.1 Å². The van der Waals surface area contributed by atoms with E-state index in [1.807, 2.05) is 6.92 Å². The van der Waals surface area contributed by atoms with E-state index in [1.165, 1.54) is 12.1 Å². The molecule has 25 heavy (non-hydrogen) atoms. The van der Waals surface area contributed by atoms with E-state index < -0.39 is 20.7 Å².